The van der Waals surface area contributed by atoms with Gasteiger partial charge in [0.15, 0.2) is 0 Å². The second kappa shape index (κ2) is 22.2. The first-order valence-corrected chi connectivity index (χ1v) is 24.2. The van der Waals surface area contributed by atoms with E-state index in [0.717, 1.165) is 4.90 Å². The Morgan fingerprint density at radius 1 is 0.892 bits per heavy atom. The standard InChI is InChI=1S/C52H56FN11O10/c1-5-52(73)31(4)74-28-36-37(52)20-42-49-35(26-64(42)51(36)72)34(33-18-29(2)38(53)21-39(33)59-49)25-62-27-41(60-61-62)30(3)57-45(67)24-56-50(71)40(19-32-12-8-6-9-13-32)58-46(68)23-55-44(66)22-54-43(65)14-10-7-11-17-63-47(69)15-16-48(63)70/h6,8-9,12-13,15-16,18,20-21,27,30,40,73H,4-5,7,10-11,14,17,19,22-26,28H2,1-3H3,(H,54,65)(H,55,66)(H,56,71)(H,57,67)(H,58,68)/t30?,40-,52-/m1/s1. The molecule has 0 bridgehead atoms. The van der Waals surface area contributed by atoms with E-state index in [-0.39, 0.29) is 74.5 Å². The summed E-state index contributed by atoms with van der Waals surface area (Å²) in [7, 11) is 0. The minimum absolute atomic E-state index is 0.0519. The summed E-state index contributed by atoms with van der Waals surface area (Å²) in [5, 5.41) is 33.8. The van der Waals surface area contributed by atoms with E-state index in [2.05, 4.69) is 43.5 Å². The molecular formula is C52H56FN11O10. The van der Waals surface area contributed by atoms with Gasteiger partial charge < -0.3 is 41.0 Å². The summed E-state index contributed by atoms with van der Waals surface area (Å²) in [6.45, 7) is 8.11. The third-order valence-electron chi connectivity index (χ3n) is 13.4. The zero-order valence-electron chi connectivity index (χ0n) is 41.1. The number of rotatable bonds is 21. The average molecular weight is 1010 g/mol. The van der Waals surface area contributed by atoms with Crippen LogP contribution in [0.25, 0.3) is 22.3 Å². The van der Waals surface area contributed by atoms with Crippen molar-refractivity contribution < 1.29 is 47.8 Å². The maximum Gasteiger partial charge on any atom is 0.258 e. The van der Waals surface area contributed by atoms with Gasteiger partial charge in [-0.15, -0.1) is 5.10 Å². The van der Waals surface area contributed by atoms with Gasteiger partial charge in [-0.25, -0.2) is 14.1 Å². The average Bonchev–Trinajstić information content (AvgIpc) is 4.10. The summed E-state index contributed by atoms with van der Waals surface area (Å²) in [6.07, 6.45) is 6.04. The molecule has 0 saturated carbocycles. The molecule has 0 spiro atoms. The van der Waals surface area contributed by atoms with Crippen molar-refractivity contribution >= 4 is 52.3 Å². The number of aryl methyl sites for hydroxylation is 1. The van der Waals surface area contributed by atoms with Crippen LogP contribution in [0.1, 0.15) is 91.1 Å². The van der Waals surface area contributed by atoms with Crippen molar-refractivity contribution in [3.8, 4) is 11.4 Å². The number of ether oxygens (including phenoxy) is 1. The molecule has 6 heterocycles. The van der Waals surface area contributed by atoms with Gasteiger partial charge in [-0.3, -0.25) is 43.3 Å². The predicted molar refractivity (Wildman–Crippen MR) is 264 cm³/mol. The van der Waals surface area contributed by atoms with Gasteiger partial charge in [-0.1, -0.05) is 55.5 Å². The van der Waals surface area contributed by atoms with Crippen LogP contribution >= 0.6 is 0 Å². The van der Waals surface area contributed by atoms with Crippen LogP contribution in [-0.4, -0.2) is 108 Å². The molecule has 3 aliphatic rings. The fourth-order valence-corrected chi connectivity index (χ4v) is 9.19. The molecule has 8 rings (SSSR count). The Hall–Kier alpha value is -8.40. The molecule has 3 aromatic heterocycles. The van der Waals surface area contributed by atoms with Crippen LogP contribution in [0, 0.1) is 12.7 Å². The monoisotopic (exact) mass is 1010 g/mol. The van der Waals surface area contributed by atoms with Gasteiger partial charge in [0.25, 0.3) is 17.4 Å². The van der Waals surface area contributed by atoms with Crippen LogP contribution in [0.15, 0.2) is 84.0 Å². The number of halogens is 1. The van der Waals surface area contributed by atoms with E-state index in [1.807, 2.05) is 0 Å². The van der Waals surface area contributed by atoms with Crippen molar-refractivity contribution in [1.29, 1.82) is 0 Å². The molecule has 386 valence electrons. The van der Waals surface area contributed by atoms with Crippen LogP contribution < -0.4 is 32.1 Å². The van der Waals surface area contributed by atoms with E-state index in [1.54, 1.807) is 78.7 Å². The number of benzene rings is 2. The second-order valence-electron chi connectivity index (χ2n) is 18.5. The highest BCUT2D eigenvalue weighted by Crippen LogP contribution is 2.43. The summed E-state index contributed by atoms with van der Waals surface area (Å²) < 4.78 is 23.9. The van der Waals surface area contributed by atoms with Gasteiger partial charge in [-0.05, 0) is 61.9 Å². The van der Waals surface area contributed by atoms with Crippen molar-refractivity contribution in [1.82, 2.24) is 56.0 Å². The summed E-state index contributed by atoms with van der Waals surface area (Å²) in [6, 6.07) is 11.8. The Bertz CT molecular complexity index is 3170. The third kappa shape index (κ3) is 11.3. The molecule has 0 saturated heterocycles. The summed E-state index contributed by atoms with van der Waals surface area (Å²) in [4.78, 5) is 108. The number of nitrogens with zero attached hydrogens (tertiary/aromatic N) is 6. The highest BCUT2D eigenvalue weighted by molar-refractivity contribution is 6.12. The predicted octanol–water partition coefficient (Wildman–Crippen LogP) is 1.89. The van der Waals surface area contributed by atoms with E-state index in [0.29, 0.717) is 80.6 Å². The summed E-state index contributed by atoms with van der Waals surface area (Å²) >= 11 is 0. The molecule has 74 heavy (non-hydrogen) atoms. The van der Waals surface area contributed by atoms with E-state index < -0.39 is 66.8 Å². The number of hydrogen-bond donors (Lipinski definition) is 6. The molecule has 3 aliphatic heterocycles. The smallest absolute Gasteiger partial charge is 0.258 e. The number of aliphatic hydroxyl groups is 1. The number of fused-ring (bicyclic) bond motifs is 5. The van der Waals surface area contributed by atoms with E-state index in [4.69, 9.17) is 9.72 Å². The highest BCUT2D eigenvalue weighted by Gasteiger charge is 2.42. The van der Waals surface area contributed by atoms with Crippen LogP contribution in [0.3, 0.4) is 0 Å². The summed E-state index contributed by atoms with van der Waals surface area (Å²) in [5.74, 6) is -4.00. The lowest BCUT2D eigenvalue weighted by Gasteiger charge is -2.35. The van der Waals surface area contributed by atoms with E-state index >= 15 is 4.39 Å². The van der Waals surface area contributed by atoms with Gasteiger partial charge in [0.1, 0.15) is 35.5 Å². The molecule has 6 N–H and O–H groups in total. The first-order valence-electron chi connectivity index (χ1n) is 24.2. The van der Waals surface area contributed by atoms with Gasteiger partial charge in [0.2, 0.25) is 29.5 Å². The molecular weight excluding hydrogens is 958 g/mol. The van der Waals surface area contributed by atoms with Crippen LogP contribution in [0.4, 0.5) is 4.39 Å². The fourth-order valence-electron chi connectivity index (χ4n) is 9.19. The molecule has 3 atom stereocenters. The maximum absolute atomic E-state index is 15.1. The van der Waals surface area contributed by atoms with Crippen molar-refractivity contribution in [2.24, 2.45) is 0 Å². The number of pyridine rings is 2. The van der Waals surface area contributed by atoms with Crippen molar-refractivity contribution in [2.75, 3.05) is 26.2 Å². The first kappa shape index (κ1) is 51.9. The lowest BCUT2D eigenvalue weighted by Crippen LogP contribution is -2.52. The second-order valence-corrected chi connectivity index (χ2v) is 18.5. The Labute approximate surface area is 423 Å². The number of amides is 7. The molecule has 2 aromatic carbocycles. The maximum atomic E-state index is 15.1. The Morgan fingerprint density at radius 2 is 1.59 bits per heavy atom. The minimum Gasteiger partial charge on any atom is -0.490 e. The van der Waals surface area contributed by atoms with Gasteiger partial charge >= 0.3 is 0 Å². The number of hydrogen-bond acceptors (Lipinski definition) is 13. The number of nitrogens with one attached hydrogen (secondary N) is 5. The zero-order chi connectivity index (χ0) is 52.8. The van der Waals surface area contributed by atoms with Crippen molar-refractivity contribution in [2.45, 2.75) is 96.7 Å². The van der Waals surface area contributed by atoms with Gasteiger partial charge in [-0.2, -0.15) is 0 Å². The van der Waals surface area contributed by atoms with Crippen LogP contribution in [0.2, 0.25) is 0 Å². The van der Waals surface area contributed by atoms with E-state index in [9.17, 15) is 43.5 Å². The minimum atomic E-state index is -1.59. The highest BCUT2D eigenvalue weighted by atomic mass is 19.1. The fraction of sp³-hybridized carbons (Fsp3) is 0.365. The Balaban J connectivity index is 0.854. The van der Waals surface area contributed by atoms with Crippen molar-refractivity contribution in [3.63, 3.8) is 0 Å². The van der Waals surface area contributed by atoms with Gasteiger partial charge in [0, 0.05) is 54.1 Å². The topological polar surface area (TPSA) is 278 Å². The Morgan fingerprint density at radius 3 is 2.34 bits per heavy atom. The largest absolute Gasteiger partial charge is 0.490 e. The molecule has 0 fully saturated rings. The molecule has 1 unspecified atom stereocenters. The van der Waals surface area contributed by atoms with Gasteiger partial charge in [0.05, 0.1) is 67.4 Å². The molecule has 22 heteroatoms. The van der Waals surface area contributed by atoms with Crippen LogP contribution in [-0.2, 0) is 70.0 Å². The number of carbonyl (C=O) groups excluding carboxylic acids is 7. The first-order chi connectivity index (χ1) is 35.4. The Kier molecular flexibility index (Phi) is 15.6. The summed E-state index contributed by atoms with van der Waals surface area (Å²) in [5.41, 5.74) is 2.95. The van der Waals surface area contributed by atoms with Crippen LogP contribution in [0.5, 0.6) is 0 Å². The zero-order valence-corrected chi connectivity index (χ0v) is 41.1. The number of unbranched alkanes of at least 4 members (excludes halogenated alkanes) is 2. The molecule has 21 nitrogen and oxygen atoms in total. The molecule has 0 radical (unpaired) electrons. The molecule has 5 aromatic rings. The lowest BCUT2D eigenvalue weighted by molar-refractivity contribution is -0.137. The third-order valence-corrected chi connectivity index (χ3v) is 13.4. The molecule has 0 aliphatic carbocycles. The number of imide groups is 1. The lowest BCUT2D eigenvalue weighted by atomic mass is 9.84. The number of carbonyl (C=O) groups is 7. The SMILES string of the molecule is C=C1OCc2c(cc3n(c2=O)Cc2c-3nc3cc(F)c(C)cc3c2Cn2cc(C(C)NC(=O)CNC(=O)[C@@H](Cc3ccccc3)NC(=O)CNC(=O)CNC(=O)CCCCCN3C(=O)C=CC3=O)nn2)[C@@]1(O)CC. The quantitative estimate of drug-likeness (QED) is 0.0445. The van der Waals surface area contributed by atoms with E-state index in [1.165, 1.54) is 18.2 Å². The normalized spacial score (nSPS) is 16.2. The van der Waals surface area contributed by atoms with Crippen molar-refractivity contribution in [3.05, 3.63) is 134 Å². The number of aromatic nitrogens is 5. The molecule has 7 amide bonds.